The monoisotopic (exact) mass is 300 g/mol. The molecule has 0 spiro atoms. The van der Waals surface area contributed by atoms with Crippen molar-refractivity contribution in [3.63, 3.8) is 0 Å². The molecule has 6 heteroatoms. The molecule has 0 fully saturated rings. The van der Waals surface area contributed by atoms with E-state index < -0.39 is 0 Å². The van der Waals surface area contributed by atoms with E-state index in [0.717, 1.165) is 0 Å². The second-order valence-corrected chi connectivity index (χ2v) is 3.87. The zero-order valence-electron chi connectivity index (χ0n) is 9.33. The summed E-state index contributed by atoms with van der Waals surface area (Å²) in [4.78, 5) is 8.43. The number of alkyl halides is 1. The summed E-state index contributed by atoms with van der Waals surface area (Å²) in [7, 11) is 2.94. The zero-order chi connectivity index (χ0) is 12.4. The molecule has 0 aliphatic rings. The van der Waals surface area contributed by atoms with Gasteiger partial charge in [0.25, 0.3) is 11.8 Å². The summed E-state index contributed by atoms with van der Waals surface area (Å²) in [6.45, 7) is 0. The third-order valence-electron chi connectivity index (χ3n) is 2.28. The quantitative estimate of drug-likeness (QED) is 0.818. The van der Waals surface area contributed by atoms with Crippen LogP contribution in [-0.2, 0) is 5.33 Å². The molecule has 0 unspecified atom stereocenters. The predicted molar refractivity (Wildman–Crippen MR) is 65.2 cm³/mol. The van der Waals surface area contributed by atoms with Crippen molar-refractivity contribution < 1.29 is 13.9 Å². The minimum Gasteiger partial charge on any atom is -0.477 e. The maximum absolute atomic E-state index is 13.3. The van der Waals surface area contributed by atoms with E-state index in [1.165, 1.54) is 26.4 Å². The van der Waals surface area contributed by atoms with Crippen molar-refractivity contribution in [1.29, 1.82) is 0 Å². The summed E-state index contributed by atoms with van der Waals surface area (Å²) in [6, 6.07) is 2.73. The van der Waals surface area contributed by atoms with E-state index in [1.807, 2.05) is 0 Å². The number of fused-ring (bicyclic) bond motifs is 1. The summed E-state index contributed by atoms with van der Waals surface area (Å²) in [5.41, 5.74) is 1.76. The van der Waals surface area contributed by atoms with Crippen molar-refractivity contribution in [3.05, 3.63) is 23.5 Å². The normalized spacial score (nSPS) is 10.6. The lowest BCUT2D eigenvalue weighted by molar-refractivity contribution is 0.334. The maximum atomic E-state index is 13.3. The van der Waals surface area contributed by atoms with Gasteiger partial charge in [-0.15, -0.1) is 0 Å². The Balaban J connectivity index is 2.77. The van der Waals surface area contributed by atoms with Crippen LogP contribution in [0, 0.1) is 5.82 Å². The van der Waals surface area contributed by atoms with E-state index in [1.54, 1.807) is 0 Å². The van der Waals surface area contributed by atoms with Crippen molar-refractivity contribution in [2.75, 3.05) is 14.2 Å². The molecule has 17 heavy (non-hydrogen) atoms. The largest absolute Gasteiger partial charge is 0.477 e. The molecule has 4 nitrogen and oxygen atoms in total. The minimum absolute atomic E-state index is 0.242. The van der Waals surface area contributed by atoms with Crippen LogP contribution in [0.15, 0.2) is 12.1 Å². The first-order chi connectivity index (χ1) is 8.19. The Kier molecular flexibility index (Phi) is 3.42. The number of halogens is 2. The van der Waals surface area contributed by atoms with Crippen LogP contribution in [-0.4, -0.2) is 24.2 Å². The van der Waals surface area contributed by atoms with Gasteiger partial charge in [-0.2, -0.15) is 0 Å². The summed E-state index contributed by atoms with van der Waals surface area (Å²) < 4.78 is 23.4. The van der Waals surface area contributed by atoms with E-state index in [4.69, 9.17) is 9.47 Å². The van der Waals surface area contributed by atoms with E-state index in [-0.39, 0.29) is 17.6 Å². The number of rotatable bonds is 3. The Bertz CT molecular complexity index is 563. The Morgan fingerprint density at radius 1 is 1.18 bits per heavy atom. The fraction of sp³-hybridized carbons (Fsp3) is 0.273. The highest BCUT2D eigenvalue weighted by Crippen LogP contribution is 2.28. The molecule has 0 aliphatic heterocycles. The molecule has 2 rings (SSSR count). The lowest BCUT2D eigenvalue weighted by atomic mass is 10.2. The smallest absolute Gasteiger partial charge is 0.278 e. The first-order valence-corrected chi connectivity index (χ1v) is 5.96. The number of benzene rings is 1. The highest BCUT2D eigenvalue weighted by Gasteiger charge is 2.13. The van der Waals surface area contributed by atoms with Crippen LogP contribution in [0.5, 0.6) is 11.8 Å². The Labute approximate surface area is 106 Å². The molecule has 90 valence electrons. The van der Waals surface area contributed by atoms with Crippen LogP contribution in [0.25, 0.3) is 11.0 Å². The van der Waals surface area contributed by atoms with Crippen LogP contribution < -0.4 is 9.47 Å². The highest BCUT2D eigenvalue weighted by atomic mass is 79.9. The molecule has 0 bridgehead atoms. The molecule has 1 heterocycles. The van der Waals surface area contributed by atoms with E-state index in [0.29, 0.717) is 21.9 Å². The molecule has 0 saturated carbocycles. The summed E-state index contributed by atoms with van der Waals surface area (Å²) in [5, 5.41) is 0.491. The molecular weight excluding hydrogens is 291 g/mol. The molecular formula is C11H10BrFN2O2. The number of methoxy groups -OCH3 is 2. The van der Waals surface area contributed by atoms with Crippen LogP contribution >= 0.6 is 15.9 Å². The van der Waals surface area contributed by atoms with Gasteiger partial charge in [0.2, 0.25) is 0 Å². The van der Waals surface area contributed by atoms with E-state index >= 15 is 0 Å². The average molecular weight is 301 g/mol. The van der Waals surface area contributed by atoms with Gasteiger partial charge in [0.15, 0.2) is 0 Å². The number of ether oxygens (including phenoxy) is 2. The van der Waals surface area contributed by atoms with Crippen molar-refractivity contribution in [3.8, 4) is 11.8 Å². The fourth-order valence-corrected chi connectivity index (χ4v) is 1.96. The van der Waals surface area contributed by atoms with Crippen molar-refractivity contribution in [1.82, 2.24) is 9.97 Å². The number of aromatic nitrogens is 2. The van der Waals surface area contributed by atoms with Gasteiger partial charge >= 0.3 is 0 Å². The highest BCUT2D eigenvalue weighted by molar-refractivity contribution is 9.08. The Hall–Kier alpha value is -1.43. The van der Waals surface area contributed by atoms with Crippen LogP contribution in [0.4, 0.5) is 4.39 Å². The number of hydrogen-bond acceptors (Lipinski definition) is 4. The van der Waals surface area contributed by atoms with Crippen LogP contribution in [0.3, 0.4) is 0 Å². The minimum atomic E-state index is -0.353. The van der Waals surface area contributed by atoms with Gasteiger partial charge in [0.1, 0.15) is 5.82 Å². The lowest BCUT2D eigenvalue weighted by Gasteiger charge is -2.08. The third kappa shape index (κ3) is 2.17. The molecule has 0 N–H and O–H groups in total. The second-order valence-electron chi connectivity index (χ2n) is 3.31. The SMILES string of the molecule is COc1nc2cc(F)cc(CBr)c2nc1OC. The second kappa shape index (κ2) is 4.83. The Morgan fingerprint density at radius 2 is 1.82 bits per heavy atom. The fourth-order valence-electron chi connectivity index (χ4n) is 1.53. The Morgan fingerprint density at radius 3 is 2.41 bits per heavy atom. The molecule has 0 radical (unpaired) electrons. The van der Waals surface area contributed by atoms with Gasteiger partial charge in [-0.3, -0.25) is 0 Å². The van der Waals surface area contributed by atoms with Gasteiger partial charge in [0, 0.05) is 11.4 Å². The van der Waals surface area contributed by atoms with E-state index in [9.17, 15) is 4.39 Å². The number of hydrogen-bond donors (Lipinski definition) is 0. The zero-order valence-corrected chi connectivity index (χ0v) is 10.9. The van der Waals surface area contributed by atoms with Gasteiger partial charge in [-0.1, -0.05) is 15.9 Å². The number of nitrogens with zero attached hydrogens (tertiary/aromatic N) is 2. The lowest BCUT2D eigenvalue weighted by Crippen LogP contribution is -1.99. The third-order valence-corrected chi connectivity index (χ3v) is 2.89. The maximum Gasteiger partial charge on any atom is 0.278 e. The predicted octanol–water partition coefficient (Wildman–Crippen LogP) is 2.68. The van der Waals surface area contributed by atoms with Crippen molar-refractivity contribution in [2.24, 2.45) is 0 Å². The van der Waals surface area contributed by atoms with E-state index in [2.05, 4.69) is 25.9 Å². The summed E-state index contributed by atoms with van der Waals surface area (Å²) in [5.74, 6) is 0.174. The standard InChI is InChI=1S/C11H10BrFN2O2/c1-16-10-11(17-2)15-9-6(5-12)3-7(13)4-8(9)14-10/h3-4H,5H2,1-2H3. The molecule has 0 atom stereocenters. The van der Waals surface area contributed by atoms with Crippen LogP contribution in [0.1, 0.15) is 5.56 Å². The molecule has 0 aliphatic carbocycles. The molecule has 0 saturated heterocycles. The molecule has 2 aromatic rings. The first kappa shape index (κ1) is 12.0. The average Bonchev–Trinajstić information content (AvgIpc) is 2.35. The molecule has 1 aromatic carbocycles. The molecule has 0 amide bonds. The van der Waals surface area contributed by atoms with Crippen molar-refractivity contribution >= 4 is 27.0 Å². The van der Waals surface area contributed by atoms with Crippen molar-refractivity contribution in [2.45, 2.75) is 5.33 Å². The summed E-state index contributed by atoms with van der Waals surface area (Å²) in [6.07, 6.45) is 0. The summed E-state index contributed by atoms with van der Waals surface area (Å²) >= 11 is 3.29. The first-order valence-electron chi connectivity index (χ1n) is 4.83. The topological polar surface area (TPSA) is 44.2 Å². The van der Waals surface area contributed by atoms with Gasteiger partial charge in [-0.05, 0) is 11.6 Å². The van der Waals surface area contributed by atoms with Crippen LogP contribution in [0.2, 0.25) is 0 Å². The van der Waals surface area contributed by atoms with Gasteiger partial charge in [-0.25, -0.2) is 14.4 Å². The molecule has 1 aromatic heterocycles. The van der Waals surface area contributed by atoms with Gasteiger partial charge < -0.3 is 9.47 Å². The van der Waals surface area contributed by atoms with Gasteiger partial charge in [0.05, 0.1) is 25.3 Å².